The molecular weight excluding hydrogens is 442 g/mol. The molecule has 0 bridgehead atoms. The highest BCUT2D eigenvalue weighted by Gasteiger charge is 2.32. The third-order valence-corrected chi connectivity index (χ3v) is 6.65. The summed E-state index contributed by atoms with van der Waals surface area (Å²) in [6, 6.07) is 11.4. The quantitative estimate of drug-likeness (QED) is 0.580. The van der Waals surface area contributed by atoms with Gasteiger partial charge in [-0.15, -0.1) is 5.10 Å². The molecule has 0 radical (unpaired) electrons. The van der Waals surface area contributed by atoms with E-state index in [0.29, 0.717) is 37.4 Å². The number of sulfonamides is 1. The second-order valence-corrected chi connectivity index (χ2v) is 9.90. The Morgan fingerprint density at radius 2 is 1.73 bits per heavy atom. The Morgan fingerprint density at radius 1 is 1.03 bits per heavy atom. The van der Waals surface area contributed by atoms with E-state index in [4.69, 9.17) is 5.14 Å². The number of piperazine rings is 1. The van der Waals surface area contributed by atoms with Gasteiger partial charge in [-0.1, -0.05) is 37.3 Å². The Balaban J connectivity index is 1.48. The molecule has 0 unspecified atom stereocenters. The number of pyridine rings is 1. The molecule has 1 fully saturated rings. The van der Waals surface area contributed by atoms with E-state index in [1.165, 1.54) is 12.1 Å². The summed E-state index contributed by atoms with van der Waals surface area (Å²) in [5, 5.41) is 13.6. The molecule has 1 aromatic carbocycles. The smallest absolute Gasteiger partial charge is 0.247 e. The summed E-state index contributed by atoms with van der Waals surface area (Å²) in [5.41, 5.74) is 1.24. The third kappa shape index (κ3) is 5.04. The number of aromatic nitrogens is 4. The Morgan fingerprint density at radius 3 is 2.30 bits per heavy atom. The molecule has 10 nitrogen and oxygen atoms in total. The molecule has 4 rings (SSSR count). The first kappa shape index (κ1) is 22.9. The lowest BCUT2D eigenvalue weighted by Crippen LogP contribution is -2.51. The molecule has 174 valence electrons. The van der Waals surface area contributed by atoms with Gasteiger partial charge in [0.25, 0.3) is 0 Å². The Hall–Kier alpha value is -3.31. The van der Waals surface area contributed by atoms with Crippen molar-refractivity contribution in [2.24, 2.45) is 11.1 Å². The average molecular weight is 470 g/mol. The van der Waals surface area contributed by atoms with Crippen LogP contribution in [0.2, 0.25) is 0 Å². The number of primary sulfonamides is 1. The van der Waals surface area contributed by atoms with E-state index in [2.05, 4.69) is 20.2 Å². The minimum Gasteiger partial charge on any atom is -0.353 e. The number of nitrogens with two attached hydrogens (primary N) is 1. The van der Waals surface area contributed by atoms with Crippen LogP contribution in [0, 0.1) is 5.92 Å². The van der Waals surface area contributed by atoms with Gasteiger partial charge in [0, 0.05) is 37.9 Å². The summed E-state index contributed by atoms with van der Waals surface area (Å²) in [7, 11) is -3.77. The largest absolute Gasteiger partial charge is 0.353 e. The summed E-state index contributed by atoms with van der Waals surface area (Å²) in [6.45, 7) is 6.60. The zero-order valence-corrected chi connectivity index (χ0v) is 19.4. The van der Waals surface area contributed by atoms with Crippen molar-refractivity contribution in [1.82, 2.24) is 24.9 Å². The first-order valence-corrected chi connectivity index (χ1v) is 12.3. The molecule has 1 aliphatic heterocycles. The van der Waals surface area contributed by atoms with Gasteiger partial charge in [-0.25, -0.2) is 23.2 Å². The standard InChI is InChI=1S/C22H27N7O3S/c1-16(2)21(22(30)28-13-11-27(12-14-28)20-5-3-4-10-24-20)29-15-19(25-26-29)17-6-8-18(9-7-17)33(23,31)32/h3-10,15-16,21H,11-14H2,1-2H3,(H2,23,31,32)/t21-/m0/s1. The van der Waals surface area contributed by atoms with Crippen molar-refractivity contribution in [2.75, 3.05) is 31.1 Å². The van der Waals surface area contributed by atoms with Gasteiger partial charge >= 0.3 is 0 Å². The fourth-order valence-corrected chi connectivity index (χ4v) is 4.46. The molecule has 0 aliphatic carbocycles. The van der Waals surface area contributed by atoms with Crippen LogP contribution in [0.15, 0.2) is 59.8 Å². The molecule has 1 atom stereocenters. The van der Waals surface area contributed by atoms with Gasteiger partial charge in [0.05, 0.1) is 11.1 Å². The molecule has 1 aliphatic rings. The van der Waals surface area contributed by atoms with Crippen molar-refractivity contribution in [1.29, 1.82) is 0 Å². The Bertz CT molecular complexity index is 1200. The van der Waals surface area contributed by atoms with Gasteiger partial charge in [-0.2, -0.15) is 0 Å². The summed E-state index contributed by atoms with van der Waals surface area (Å²) in [6.07, 6.45) is 3.49. The van der Waals surface area contributed by atoms with Gasteiger partial charge in [-0.3, -0.25) is 4.79 Å². The molecule has 2 N–H and O–H groups in total. The second-order valence-electron chi connectivity index (χ2n) is 8.34. The van der Waals surface area contributed by atoms with Gasteiger partial charge < -0.3 is 9.80 Å². The minimum atomic E-state index is -3.77. The number of benzene rings is 1. The lowest BCUT2D eigenvalue weighted by atomic mass is 10.0. The number of anilines is 1. The van der Waals surface area contributed by atoms with Crippen LogP contribution < -0.4 is 10.0 Å². The molecule has 0 spiro atoms. The molecule has 0 saturated carbocycles. The zero-order valence-electron chi connectivity index (χ0n) is 18.6. The molecular formula is C22H27N7O3S. The SMILES string of the molecule is CC(C)[C@@H](C(=O)N1CCN(c2ccccn2)CC1)n1cc(-c2ccc(S(N)(=O)=O)cc2)nn1. The number of carbonyl (C=O) groups is 1. The molecule has 3 heterocycles. The number of rotatable bonds is 6. The number of nitrogens with zero attached hydrogens (tertiary/aromatic N) is 6. The summed E-state index contributed by atoms with van der Waals surface area (Å²) in [4.78, 5) is 21.9. The molecule has 3 aromatic rings. The highest BCUT2D eigenvalue weighted by atomic mass is 32.2. The summed E-state index contributed by atoms with van der Waals surface area (Å²) < 4.78 is 24.5. The van der Waals surface area contributed by atoms with Crippen molar-refractivity contribution in [3.8, 4) is 11.3 Å². The molecule has 1 amide bonds. The van der Waals surface area contributed by atoms with E-state index in [0.717, 1.165) is 5.82 Å². The average Bonchev–Trinajstić information content (AvgIpc) is 3.28. The van der Waals surface area contributed by atoms with E-state index in [9.17, 15) is 13.2 Å². The van der Waals surface area contributed by atoms with Crippen LogP contribution >= 0.6 is 0 Å². The van der Waals surface area contributed by atoms with E-state index in [1.54, 1.807) is 29.2 Å². The number of hydrogen-bond acceptors (Lipinski definition) is 7. The third-order valence-electron chi connectivity index (χ3n) is 5.72. The highest BCUT2D eigenvalue weighted by Crippen LogP contribution is 2.25. The van der Waals surface area contributed by atoms with Crippen LogP contribution in [-0.2, 0) is 14.8 Å². The van der Waals surface area contributed by atoms with Crippen molar-refractivity contribution in [3.05, 3.63) is 54.9 Å². The number of carbonyl (C=O) groups excluding carboxylic acids is 1. The predicted octanol–water partition coefficient (Wildman–Crippen LogP) is 1.53. The van der Waals surface area contributed by atoms with Crippen LogP contribution in [0.25, 0.3) is 11.3 Å². The first-order valence-electron chi connectivity index (χ1n) is 10.7. The normalized spacial score (nSPS) is 15.6. The number of amides is 1. The van der Waals surface area contributed by atoms with Crippen molar-refractivity contribution in [3.63, 3.8) is 0 Å². The maximum absolute atomic E-state index is 13.4. The first-order chi connectivity index (χ1) is 15.7. The van der Waals surface area contributed by atoms with Crippen LogP contribution in [0.4, 0.5) is 5.82 Å². The van der Waals surface area contributed by atoms with Gasteiger partial charge in [-0.05, 0) is 30.2 Å². The number of hydrogen-bond donors (Lipinski definition) is 1. The molecule has 2 aromatic heterocycles. The van der Waals surface area contributed by atoms with Crippen LogP contribution in [-0.4, -0.2) is 65.4 Å². The van der Waals surface area contributed by atoms with Crippen molar-refractivity contribution < 1.29 is 13.2 Å². The van der Waals surface area contributed by atoms with E-state index >= 15 is 0 Å². The summed E-state index contributed by atoms with van der Waals surface area (Å²) >= 11 is 0. The van der Waals surface area contributed by atoms with Gasteiger partial charge in [0.15, 0.2) is 0 Å². The van der Waals surface area contributed by atoms with Crippen molar-refractivity contribution in [2.45, 2.75) is 24.8 Å². The summed E-state index contributed by atoms with van der Waals surface area (Å²) in [5.74, 6) is 0.928. The minimum absolute atomic E-state index is 0.00521. The van der Waals surface area contributed by atoms with Gasteiger partial charge in [0.2, 0.25) is 15.9 Å². The van der Waals surface area contributed by atoms with Crippen molar-refractivity contribution >= 4 is 21.7 Å². The van der Waals surface area contributed by atoms with E-state index in [-0.39, 0.29) is 16.7 Å². The van der Waals surface area contributed by atoms with Gasteiger partial charge in [0.1, 0.15) is 17.6 Å². The molecule has 33 heavy (non-hydrogen) atoms. The monoisotopic (exact) mass is 469 g/mol. The lowest BCUT2D eigenvalue weighted by Gasteiger charge is -2.37. The van der Waals surface area contributed by atoms with Crippen LogP contribution in [0.3, 0.4) is 0 Å². The van der Waals surface area contributed by atoms with Crippen LogP contribution in [0.5, 0.6) is 0 Å². The maximum Gasteiger partial charge on any atom is 0.247 e. The fourth-order valence-electron chi connectivity index (χ4n) is 3.95. The topological polar surface area (TPSA) is 127 Å². The van der Waals surface area contributed by atoms with E-state index < -0.39 is 16.1 Å². The van der Waals surface area contributed by atoms with E-state index in [1.807, 2.05) is 36.9 Å². The lowest BCUT2D eigenvalue weighted by molar-refractivity contribution is -0.136. The highest BCUT2D eigenvalue weighted by molar-refractivity contribution is 7.89. The maximum atomic E-state index is 13.4. The van der Waals surface area contributed by atoms with Crippen LogP contribution in [0.1, 0.15) is 19.9 Å². The fraction of sp³-hybridized carbons (Fsp3) is 0.364. The second kappa shape index (κ2) is 9.28. The molecule has 1 saturated heterocycles. The Kier molecular flexibility index (Phi) is 6.43. The molecule has 11 heteroatoms. The predicted molar refractivity (Wildman–Crippen MR) is 124 cm³/mol. The zero-order chi connectivity index (χ0) is 23.6. The Labute approximate surface area is 193 Å².